The molecule has 0 aliphatic heterocycles. The van der Waals surface area contributed by atoms with Gasteiger partial charge in [0.15, 0.2) is 0 Å². The minimum absolute atomic E-state index is 0.0769. The molecular weight excluding hydrogens is 799 g/mol. The minimum Gasteiger partial charge on any atom is -0.451 e. The minimum atomic E-state index is -1.01. The van der Waals surface area contributed by atoms with Gasteiger partial charge in [-0.15, -0.1) is 0 Å². The number of carbonyl (C=O) groups excluding carboxylic acids is 3. The number of aromatic nitrogens is 2. The molecule has 0 saturated carbocycles. The summed E-state index contributed by atoms with van der Waals surface area (Å²) in [6.45, 7) is 14.8. The van der Waals surface area contributed by atoms with Gasteiger partial charge in [0.1, 0.15) is 22.7 Å². The predicted molar refractivity (Wildman–Crippen MR) is 244 cm³/mol. The Morgan fingerprint density at radius 2 is 1.60 bits per heavy atom. The number of anilines is 1. The first-order chi connectivity index (χ1) is 29.7. The topological polar surface area (TPSA) is 133 Å². The zero-order valence-electron chi connectivity index (χ0n) is 35.9. The third-order valence-corrected chi connectivity index (χ3v) is 12.3. The average molecular weight is 850 g/mol. The third-order valence-electron chi connectivity index (χ3n) is 11.3. The van der Waals surface area contributed by atoms with Crippen molar-refractivity contribution in [2.45, 2.75) is 90.4 Å². The summed E-state index contributed by atoms with van der Waals surface area (Å²) in [5.41, 5.74) is 11.7. The number of para-hydroxylation sites is 1. The maximum Gasteiger partial charge on any atom is 0.419 e. The normalized spacial score (nSPS) is 14.1. The maximum absolute atomic E-state index is 14.2. The number of fused-ring (bicyclic) bond motifs is 5. The summed E-state index contributed by atoms with van der Waals surface area (Å²) in [6.07, 6.45) is 5.39. The van der Waals surface area contributed by atoms with E-state index in [1.807, 2.05) is 76.2 Å². The van der Waals surface area contributed by atoms with E-state index in [0.29, 0.717) is 16.2 Å². The van der Waals surface area contributed by atoms with Crippen molar-refractivity contribution in [2.24, 2.45) is 5.10 Å². The lowest BCUT2D eigenvalue weighted by Crippen LogP contribution is -2.33. The van der Waals surface area contributed by atoms with Crippen LogP contribution in [0.1, 0.15) is 109 Å². The number of esters is 1. The van der Waals surface area contributed by atoms with E-state index < -0.39 is 35.4 Å². The number of amides is 1. The first kappa shape index (κ1) is 42.2. The van der Waals surface area contributed by atoms with E-state index in [4.69, 9.17) is 19.2 Å². The van der Waals surface area contributed by atoms with Crippen molar-refractivity contribution in [3.05, 3.63) is 154 Å². The van der Waals surface area contributed by atoms with Gasteiger partial charge in [0.25, 0.3) is 0 Å². The van der Waals surface area contributed by atoms with Crippen LogP contribution in [0.15, 0.2) is 115 Å². The van der Waals surface area contributed by atoms with Gasteiger partial charge < -0.3 is 19.5 Å². The standard InChI is InChI=1S/C50H51N5O6S/c1-8-50(6,7)60-45(56)44-43(52-46(62-44)54-53-30(2)32-25-24-31-16-15-17-33(31)26-32)41(27-34-28-55(48(58)61-49(3,4)5)42-23-14-13-18-35(34)42)51-47(57)59-29-40-38-21-11-9-19-36(38)37-20-10-12-22-39(37)40/h8-14,18-26,28,40-41H,1,15-17,27,29H2,2-7H3,(H,51,57)(H,52,54)/b53-30+/t41-/m0/s1. The van der Waals surface area contributed by atoms with Crippen molar-refractivity contribution in [1.29, 1.82) is 0 Å². The van der Waals surface area contributed by atoms with Crippen LogP contribution in [0.2, 0.25) is 0 Å². The molecule has 0 fully saturated rings. The predicted octanol–water partition coefficient (Wildman–Crippen LogP) is 11.1. The first-order valence-electron chi connectivity index (χ1n) is 20.9. The summed E-state index contributed by atoms with van der Waals surface area (Å²) < 4.78 is 19.2. The molecule has 0 bridgehead atoms. The van der Waals surface area contributed by atoms with Gasteiger partial charge in [0, 0.05) is 23.9 Å². The summed E-state index contributed by atoms with van der Waals surface area (Å²) in [7, 11) is 0. The average Bonchev–Trinajstić information content (AvgIpc) is 4.04. The van der Waals surface area contributed by atoms with E-state index >= 15 is 0 Å². The van der Waals surface area contributed by atoms with Gasteiger partial charge in [-0.3, -0.25) is 9.99 Å². The molecule has 0 unspecified atom stereocenters. The van der Waals surface area contributed by atoms with Gasteiger partial charge >= 0.3 is 18.2 Å². The van der Waals surface area contributed by atoms with Crippen LogP contribution in [0.4, 0.5) is 14.7 Å². The Morgan fingerprint density at radius 1 is 0.919 bits per heavy atom. The molecule has 1 amide bonds. The Kier molecular flexibility index (Phi) is 11.6. The van der Waals surface area contributed by atoms with Gasteiger partial charge in [0.05, 0.1) is 23.0 Å². The van der Waals surface area contributed by atoms with Crippen molar-refractivity contribution in [3.8, 4) is 11.1 Å². The number of benzene rings is 4. The molecule has 11 nitrogen and oxygen atoms in total. The molecule has 0 spiro atoms. The van der Waals surface area contributed by atoms with Crippen molar-refractivity contribution in [3.63, 3.8) is 0 Å². The fraction of sp³-hybridized carbons (Fsp3) is 0.300. The third kappa shape index (κ3) is 8.92. The molecule has 1 atom stereocenters. The highest BCUT2D eigenvalue weighted by molar-refractivity contribution is 7.17. The number of thiazole rings is 1. The summed E-state index contributed by atoms with van der Waals surface area (Å²) in [4.78, 5) is 46.9. The van der Waals surface area contributed by atoms with Crippen LogP contribution in [0, 0.1) is 0 Å². The molecule has 2 heterocycles. The number of rotatable bonds is 12. The van der Waals surface area contributed by atoms with Crippen LogP contribution in [-0.2, 0) is 33.5 Å². The zero-order chi connectivity index (χ0) is 43.8. The molecule has 4 aromatic carbocycles. The molecule has 12 heteroatoms. The van der Waals surface area contributed by atoms with E-state index in [1.165, 1.54) is 15.7 Å². The Morgan fingerprint density at radius 3 is 2.31 bits per heavy atom. The first-order valence-corrected chi connectivity index (χ1v) is 21.7. The second-order valence-corrected chi connectivity index (χ2v) is 18.3. The SMILES string of the molecule is C=CC(C)(C)OC(=O)c1sc(N/N=C(\C)c2ccc3c(c2)CCC3)nc1[C@H](Cc1cn(C(=O)OC(C)(C)C)c2ccccc12)NC(=O)OCC1c2ccccc2-c2ccccc21. The van der Waals surface area contributed by atoms with Crippen LogP contribution < -0.4 is 10.7 Å². The van der Waals surface area contributed by atoms with Crippen LogP contribution in [0.3, 0.4) is 0 Å². The van der Waals surface area contributed by atoms with Crippen LogP contribution in [0.25, 0.3) is 22.0 Å². The van der Waals surface area contributed by atoms with Crippen molar-refractivity contribution in [2.75, 3.05) is 12.0 Å². The lowest BCUT2D eigenvalue weighted by atomic mass is 9.98. The second kappa shape index (κ2) is 17.1. The monoisotopic (exact) mass is 849 g/mol. The Hall–Kier alpha value is -6.53. The summed E-state index contributed by atoms with van der Waals surface area (Å²) in [5, 5.41) is 8.82. The number of alkyl carbamates (subject to hydrolysis) is 1. The summed E-state index contributed by atoms with van der Waals surface area (Å²) >= 11 is 1.07. The number of carbonyl (C=O) groups is 3. The molecule has 0 radical (unpaired) electrons. The van der Waals surface area contributed by atoms with Gasteiger partial charge in [-0.2, -0.15) is 5.10 Å². The van der Waals surface area contributed by atoms with Gasteiger partial charge in [-0.1, -0.05) is 96.8 Å². The summed E-state index contributed by atoms with van der Waals surface area (Å²) in [5.74, 6) is -0.822. The van der Waals surface area contributed by atoms with Gasteiger partial charge in [-0.25, -0.2) is 19.4 Å². The summed E-state index contributed by atoms with van der Waals surface area (Å²) in [6, 6.07) is 29.2. The highest BCUT2D eigenvalue weighted by atomic mass is 32.1. The van der Waals surface area contributed by atoms with Crippen LogP contribution in [0.5, 0.6) is 0 Å². The van der Waals surface area contributed by atoms with E-state index in [1.54, 1.807) is 26.1 Å². The Labute approximate surface area is 365 Å². The molecule has 2 aliphatic rings. The van der Waals surface area contributed by atoms with Gasteiger partial charge in [-0.05, 0) is 124 Å². The molecule has 2 aliphatic carbocycles. The highest BCUT2D eigenvalue weighted by Crippen LogP contribution is 2.44. The molecule has 0 saturated heterocycles. The Balaban J connectivity index is 1.16. The fourth-order valence-electron chi connectivity index (χ4n) is 8.18. The maximum atomic E-state index is 14.2. The lowest BCUT2D eigenvalue weighted by molar-refractivity contribution is 0.0177. The smallest absolute Gasteiger partial charge is 0.419 e. The lowest BCUT2D eigenvalue weighted by Gasteiger charge is -2.22. The van der Waals surface area contributed by atoms with Crippen molar-refractivity contribution in [1.82, 2.24) is 14.9 Å². The van der Waals surface area contributed by atoms with E-state index in [-0.39, 0.29) is 29.5 Å². The number of ether oxygens (including phenoxy) is 3. The molecule has 8 rings (SSSR count). The highest BCUT2D eigenvalue weighted by Gasteiger charge is 2.34. The van der Waals surface area contributed by atoms with Crippen molar-refractivity contribution >= 4 is 51.2 Å². The largest absolute Gasteiger partial charge is 0.451 e. The second-order valence-electron chi connectivity index (χ2n) is 17.3. The fourth-order valence-corrected chi connectivity index (χ4v) is 9.02. The Bertz CT molecular complexity index is 2690. The molecule has 2 aromatic heterocycles. The number of nitrogens with zero attached hydrogens (tertiary/aromatic N) is 3. The number of hydrogen-bond donors (Lipinski definition) is 2. The van der Waals surface area contributed by atoms with Gasteiger partial charge in [0.2, 0.25) is 5.13 Å². The molecule has 2 N–H and O–H groups in total. The molecule has 6 aromatic rings. The molecular formula is C50H51N5O6S. The van der Waals surface area contributed by atoms with E-state index in [9.17, 15) is 14.4 Å². The van der Waals surface area contributed by atoms with E-state index in [0.717, 1.165) is 69.5 Å². The molecule has 62 heavy (non-hydrogen) atoms. The van der Waals surface area contributed by atoms with Crippen LogP contribution >= 0.6 is 11.3 Å². The number of hydrazone groups is 1. The quantitative estimate of drug-likeness (QED) is 0.0409. The van der Waals surface area contributed by atoms with Crippen molar-refractivity contribution < 1.29 is 28.6 Å². The molecule has 318 valence electrons. The number of aryl methyl sites for hydroxylation is 2. The number of hydrogen-bond acceptors (Lipinski definition) is 10. The van der Waals surface area contributed by atoms with E-state index in [2.05, 4.69) is 64.9 Å². The number of nitrogens with one attached hydrogen (secondary N) is 2. The zero-order valence-corrected chi connectivity index (χ0v) is 36.7. The van der Waals surface area contributed by atoms with Crippen LogP contribution in [-0.4, -0.2) is 51.2 Å².